The summed E-state index contributed by atoms with van der Waals surface area (Å²) in [5.74, 6) is 0.156. The number of hydrogen-bond acceptors (Lipinski definition) is 4. The summed E-state index contributed by atoms with van der Waals surface area (Å²) in [5.41, 5.74) is 0.764. The third-order valence-corrected chi connectivity index (χ3v) is 4.41. The Morgan fingerprint density at radius 3 is 2.30 bits per heavy atom. The van der Waals surface area contributed by atoms with Crippen molar-refractivity contribution in [3.8, 4) is 0 Å². The molecule has 7 nitrogen and oxygen atoms in total. The van der Waals surface area contributed by atoms with Crippen LogP contribution < -0.4 is 14.6 Å². The van der Waals surface area contributed by atoms with Crippen molar-refractivity contribution in [3.63, 3.8) is 0 Å². The van der Waals surface area contributed by atoms with Gasteiger partial charge in [0.05, 0.1) is 10.6 Å². The first kappa shape index (κ1) is 16.9. The van der Waals surface area contributed by atoms with E-state index in [1.54, 1.807) is 6.92 Å². The van der Waals surface area contributed by atoms with Gasteiger partial charge in [0.2, 0.25) is 10.0 Å². The highest BCUT2D eigenvalue weighted by atomic mass is 32.2. The van der Waals surface area contributed by atoms with E-state index in [9.17, 15) is 16.8 Å². The Kier molecular flexibility index (Phi) is 5.14. The van der Waals surface area contributed by atoms with E-state index in [0.29, 0.717) is 5.56 Å². The molecule has 114 valence electrons. The van der Waals surface area contributed by atoms with E-state index in [2.05, 4.69) is 9.44 Å². The minimum absolute atomic E-state index is 0.148. The molecule has 0 radical (unpaired) electrons. The van der Waals surface area contributed by atoms with Gasteiger partial charge in [0.25, 0.3) is 10.2 Å². The van der Waals surface area contributed by atoms with E-state index in [0.717, 1.165) is 0 Å². The highest BCUT2D eigenvalue weighted by Gasteiger charge is 2.15. The van der Waals surface area contributed by atoms with Crippen molar-refractivity contribution in [2.75, 3.05) is 11.3 Å². The summed E-state index contributed by atoms with van der Waals surface area (Å²) in [5, 5.41) is 5.02. The van der Waals surface area contributed by atoms with Crippen LogP contribution in [-0.2, 0) is 20.2 Å². The van der Waals surface area contributed by atoms with Crippen LogP contribution >= 0.6 is 0 Å². The molecule has 0 fully saturated rings. The third-order valence-electron chi connectivity index (χ3n) is 2.46. The van der Waals surface area contributed by atoms with Gasteiger partial charge in [0.1, 0.15) is 0 Å². The Hall–Kier alpha value is -1.16. The number of primary sulfonamides is 1. The van der Waals surface area contributed by atoms with Crippen molar-refractivity contribution in [3.05, 3.63) is 23.8 Å². The van der Waals surface area contributed by atoms with Crippen molar-refractivity contribution in [2.24, 2.45) is 11.1 Å². The molecule has 0 unspecified atom stereocenters. The standard InChI is InChI=1S/C11H19N3O4S2/c1-8(2)7-13-20(17,18)14-11-6-10(19(12,15)16)5-4-9(11)3/h4-6,8,13-14H,7H2,1-3H3,(H2,12,15,16). The van der Waals surface area contributed by atoms with Crippen molar-refractivity contribution in [1.29, 1.82) is 0 Å². The molecule has 0 amide bonds. The van der Waals surface area contributed by atoms with Crippen LogP contribution in [0.4, 0.5) is 5.69 Å². The largest absolute Gasteiger partial charge is 0.299 e. The van der Waals surface area contributed by atoms with E-state index in [1.807, 2.05) is 13.8 Å². The molecule has 20 heavy (non-hydrogen) atoms. The summed E-state index contributed by atoms with van der Waals surface area (Å²) in [6, 6.07) is 4.00. The quantitative estimate of drug-likeness (QED) is 0.708. The van der Waals surface area contributed by atoms with Gasteiger partial charge in [0.15, 0.2) is 0 Å². The first-order chi connectivity index (χ1) is 9.01. The zero-order chi connectivity index (χ0) is 15.6. The molecule has 0 atom stereocenters. The lowest BCUT2D eigenvalue weighted by Crippen LogP contribution is -2.33. The topological polar surface area (TPSA) is 118 Å². The van der Waals surface area contributed by atoms with Crippen molar-refractivity contribution < 1.29 is 16.8 Å². The summed E-state index contributed by atoms with van der Waals surface area (Å²) >= 11 is 0. The molecule has 9 heteroatoms. The van der Waals surface area contributed by atoms with Gasteiger partial charge in [-0.25, -0.2) is 13.6 Å². The second-order valence-electron chi connectivity index (χ2n) is 4.87. The maximum absolute atomic E-state index is 11.8. The number of rotatable bonds is 6. The Morgan fingerprint density at radius 1 is 1.20 bits per heavy atom. The Labute approximate surface area is 119 Å². The average Bonchev–Trinajstić information content (AvgIpc) is 2.28. The second kappa shape index (κ2) is 6.08. The zero-order valence-electron chi connectivity index (χ0n) is 11.5. The zero-order valence-corrected chi connectivity index (χ0v) is 13.2. The van der Waals surface area contributed by atoms with Gasteiger partial charge < -0.3 is 0 Å². The van der Waals surface area contributed by atoms with Crippen molar-refractivity contribution >= 4 is 25.9 Å². The fourth-order valence-electron chi connectivity index (χ4n) is 1.35. The monoisotopic (exact) mass is 321 g/mol. The van der Waals surface area contributed by atoms with Crippen LogP contribution in [0.15, 0.2) is 23.1 Å². The molecular formula is C11H19N3O4S2. The second-order valence-corrected chi connectivity index (χ2v) is 7.93. The molecule has 0 aliphatic rings. The molecule has 0 saturated carbocycles. The lowest BCUT2D eigenvalue weighted by Gasteiger charge is -2.13. The molecular weight excluding hydrogens is 302 g/mol. The Bertz CT molecular complexity index is 682. The molecule has 0 saturated heterocycles. The molecule has 0 aliphatic carbocycles. The molecule has 0 heterocycles. The van der Waals surface area contributed by atoms with Crippen LogP contribution in [-0.4, -0.2) is 23.4 Å². The van der Waals surface area contributed by atoms with Gasteiger partial charge in [-0.05, 0) is 30.5 Å². The van der Waals surface area contributed by atoms with E-state index in [-0.39, 0.29) is 23.0 Å². The molecule has 0 aromatic heterocycles. The van der Waals surface area contributed by atoms with E-state index >= 15 is 0 Å². The minimum Gasteiger partial charge on any atom is -0.271 e. The van der Waals surface area contributed by atoms with Gasteiger partial charge in [-0.1, -0.05) is 19.9 Å². The summed E-state index contributed by atoms with van der Waals surface area (Å²) in [6.45, 7) is 5.68. The molecule has 4 N–H and O–H groups in total. The Morgan fingerprint density at radius 2 is 1.80 bits per heavy atom. The van der Waals surface area contributed by atoms with E-state index in [1.165, 1.54) is 18.2 Å². The normalized spacial score (nSPS) is 12.7. The summed E-state index contributed by atoms with van der Waals surface area (Å²) in [4.78, 5) is -0.148. The van der Waals surface area contributed by atoms with Gasteiger partial charge >= 0.3 is 0 Å². The van der Waals surface area contributed by atoms with Crippen LogP contribution in [0.3, 0.4) is 0 Å². The predicted octanol–water partition coefficient (Wildman–Crippen LogP) is 0.545. The molecule has 1 aromatic carbocycles. The van der Waals surface area contributed by atoms with Crippen molar-refractivity contribution in [1.82, 2.24) is 4.72 Å². The highest BCUT2D eigenvalue weighted by Crippen LogP contribution is 2.20. The fraction of sp³-hybridized carbons (Fsp3) is 0.455. The van der Waals surface area contributed by atoms with Crippen LogP contribution in [0, 0.1) is 12.8 Å². The first-order valence-corrected chi connectivity index (χ1v) is 8.95. The van der Waals surface area contributed by atoms with E-state index in [4.69, 9.17) is 5.14 Å². The maximum atomic E-state index is 11.8. The minimum atomic E-state index is -3.88. The highest BCUT2D eigenvalue weighted by molar-refractivity contribution is 7.90. The predicted molar refractivity (Wildman–Crippen MR) is 77.9 cm³/mol. The number of nitrogens with two attached hydrogens (primary N) is 1. The third kappa shape index (κ3) is 5.08. The molecule has 0 aliphatic heterocycles. The molecule has 1 rings (SSSR count). The summed E-state index contributed by atoms with van der Waals surface area (Å²) < 4.78 is 50.8. The summed E-state index contributed by atoms with van der Waals surface area (Å²) in [6.07, 6.45) is 0. The number of hydrogen-bond donors (Lipinski definition) is 3. The van der Waals surface area contributed by atoms with Gasteiger partial charge in [0, 0.05) is 6.54 Å². The first-order valence-electron chi connectivity index (χ1n) is 5.92. The number of aryl methyl sites for hydroxylation is 1. The lowest BCUT2D eigenvalue weighted by molar-refractivity contribution is 0.564. The van der Waals surface area contributed by atoms with Crippen LogP contribution in [0.1, 0.15) is 19.4 Å². The van der Waals surface area contributed by atoms with Crippen molar-refractivity contribution in [2.45, 2.75) is 25.7 Å². The SMILES string of the molecule is Cc1ccc(S(N)(=O)=O)cc1NS(=O)(=O)NCC(C)C. The maximum Gasteiger partial charge on any atom is 0.299 e. The number of anilines is 1. The number of benzene rings is 1. The summed E-state index contributed by atoms with van der Waals surface area (Å²) in [7, 11) is -7.63. The molecule has 0 bridgehead atoms. The lowest BCUT2D eigenvalue weighted by atomic mass is 10.2. The Balaban J connectivity index is 3.03. The smallest absolute Gasteiger partial charge is 0.271 e. The van der Waals surface area contributed by atoms with Crippen LogP contribution in [0.2, 0.25) is 0 Å². The number of nitrogens with one attached hydrogen (secondary N) is 2. The van der Waals surface area contributed by atoms with Crippen LogP contribution in [0.5, 0.6) is 0 Å². The number of sulfonamides is 1. The van der Waals surface area contributed by atoms with E-state index < -0.39 is 20.2 Å². The van der Waals surface area contributed by atoms with Gasteiger partial charge in [-0.2, -0.15) is 13.1 Å². The van der Waals surface area contributed by atoms with Crippen LogP contribution in [0.25, 0.3) is 0 Å². The average molecular weight is 321 g/mol. The molecule has 1 aromatic rings. The van der Waals surface area contributed by atoms with Gasteiger partial charge in [-0.15, -0.1) is 0 Å². The van der Waals surface area contributed by atoms with Gasteiger partial charge in [-0.3, -0.25) is 4.72 Å². The molecule has 0 spiro atoms. The fourth-order valence-corrected chi connectivity index (χ4v) is 3.02.